The Morgan fingerprint density at radius 1 is 1.00 bits per heavy atom. The van der Waals surface area contributed by atoms with Gasteiger partial charge < -0.3 is 4.74 Å². The molecule has 0 aliphatic heterocycles. The molecule has 5 heteroatoms. The molecule has 0 fully saturated rings. The van der Waals surface area contributed by atoms with Crippen molar-refractivity contribution in [2.75, 3.05) is 7.11 Å². The van der Waals surface area contributed by atoms with Crippen LogP contribution in [0.2, 0.25) is 0 Å². The molecule has 0 saturated carbocycles. The summed E-state index contributed by atoms with van der Waals surface area (Å²) in [6.07, 6.45) is -4.36. The third-order valence-corrected chi connectivity index (χ3v) is 3.53. The molecule has 0 N–H and O–H groups in total. The number of alkyl halides is 3. The first-order valence-corrected chi connectivity index (χ1v) is 6.30. The van der Waals surface area contributed by atoms with Crippen LogP contribution < -0.4 is 4.74 Å². The van der Waals surface area contributed by atoms with Crippen molar-refractivity contribution in [2.45, 2.75) is 16.0 Å². The van der Waals surface area contributed by atoms with Crippen LogP contribution in [0.1, 0.15) is 5.56 Å². The maximum Gasteiger partial charge on any atom is 0.416 e. The molecule has 2 rings (SSSR count). The Hall–Kier alpha value is -1.62. The van der Waals surface area contributed by atoms with Crippen molar-refractivity contribution < 1.29 is 17.9 Å². The zero-order chi connectivity index (χ0) is 13.9. The van der Waals surface area contributed by atoms with Crippen LogP contribution in [0.4, 0.5) is 13.2 Å². The number of benzene rings is 2. The maximum absolute atomic E-state index is 12.6. The monoisotopic (exact) mass is 284 g/mol. The predicted octanol–water partition coefficient (Wildman–Crippen LogP) is 4.87. The summed E-state index contributed by atoms with van der Waals surface area (Å²) in [5.74, 6) is 0.226. The van der Waals surface area contributed by atoms with E-state index in [-0.39, 0.29) is 5.75 Å². The molecule has 100 valence electrons. The molecule has 0 spiro atoms. The molecule has 0 radical (unpaired) electrons. The lowest BCUT2D eigenvalue weighted by atomic mass is 10.2. The molecule has 0 aromatic heterocycles. The van der Waals surface area contributed by atoms with Crippen molar-refractivity contribution in [1.82, 2.24) is 0 Å². The van der Waals surface area contributed by atoms with E-state index in [1.807, 2.05) is 30.3 Å². The fourth-order valence-electron chi connectivity index (χ4n) is 1.54. The zero-order valence-electron chi connectivity index (χ0n) is 10.1. The van der Waals surface area contributed by atoms with Crippen molar-refractivity contribution in [3.05, 3.63) is 54.1 Å². The Balaban J connectivity index is 2.32. The second kappa shape index (κ2) is 5.57. The quantitative estimate of drug-likeness (QED) is 0.795. The Kier molecular flexibility index (Phi) is 4.04. The van der Waals surface area contributed by atoms with Crippen molar-refractivity contribution in [3.8, 4) is 5.75 Å². The van der Waals surface area contributed by atoms with E-state index >= 15 is 0 Å². The molecule has 0 atom stereocenters. The lowest BCUT2D eigenvalue weighted by Crippen LogP contribution is -2.05. The highest BCUT2D eigenvalue weighted by Gasteiger charge is 2.31. The molecule has 2 aromatic carbocycles. The van der Waals surface area contributed by atoms with Gasteiger partial charge in [-0.1, -0.05) is 30.0 Å². The van der Waals surface area contributed by atoms with Gasteiger partial charge >= 0.3 is 6.18 Å². The van der Waals surface area contributed by atoms with Gasteiger partial charge in [0.25, 0.3) is 0 Å². The van der Waals surface area contributed by atoms with E-state index in [2.05, 4.69) is 0 Å². The molecular weight excluding hydrogens is 273 g/mol. The molecule has 2 aromatic rings. The predicted molar refractivity (Wildman–Crippen MR) is 68.6 cm³/mol. The highest BCUT2D eigenvalue weighted by molar-refractivity contribution is 7.99. The number of ether oxygens (including phenoxy) is 1. The first kappa shape index (κ1) is 13.8. The fourth-order valence-corrected chi connectivity index (χ4v) is 2.47. The lowest BCUT2D eigenvalue weighted by Gasteiger charge is -2.12. The van der Waals surface area contributed by atoms with Crippen LogP contribution in [0, 0.1) is 0 Å². The van der Waals surface area contributed by atoms with Gasteiger partial charge in [-0.3, -0.25) is 0 Å². The summed E-state index contributed by atoms with van der Waals surface area (Å²) in [5, 5.41) is 0. The Bertz CT molecular complexity index is 552. The van der Waals surface area contributed by atoms with Crippen LogP contribution >= 0.6 is 11.8 Å². The topological polar surface area (TPSA) is 9.23 Å². The van der Waals surface area contributed by atoms with Gasteiger partial charge in [-0.2, -0.15) is 13.2 Å². The number of hydrogen-bond donors (Lipinski definition) is 0. The number of hydrogen-bond acceptors (Lipinski definition) is 2. The van der Waals surface area contributed by atoms with Crippen LogP contribution in [0.15, 0.2) is 58.3 Å². The molecule has 0 aliphatic carbocycles. The van der Waals surface area contributed by atoms with Crippen LogP contribution in [-0.4, -0.2) is 7.11 Å². The molecule has 0 amide bonds. The van der Waals surface area contributed by atoms with Crippen molar-refractivity contribution in [3.63, 3.8) is 0 Å². The van der Waals surface area contributed by atoms with Crippen LogP contribution in [0.25, 0.3) is 0 Å². The first-order valence-electron chi connectivity index (χ1n) is 5.49. The van der Waals surface area contributed by atoms with Gasteiger partial charge in [0.1, 0.15) is 5.75 Å². The highest BCUT2D eigenvalue weighted by atomic mass is 32.2. The maximum atomic E-state index is 12.6. The molecule has 19 heavy (non-hydrogen) atoms. The van der Waals surface area contributed by atoms with Crippen molar-refractivity contribution in [2.24, 2.45) is 0 Å². The Labute approximate surface area is 113 Å². The highest BCUT2D eigenvalue weighted by Crippen LogP contribution is 2.39. The van der Waals surface area contributed by atoms with E-state index in [0.717, 1.165) is 17.0 Å². The third-order valence-electron chi connectivity index (χ3n) is 2.46. The fraction of sp³-hybridized carbons (Fsp3) is 0.143. The number of methoxy groups -OCH3 is 1. The van der Waals surface area contributed by atoms with Gasteiger partial charge in [-0.05, 0) is 30.3 Å². The van der Waals surface area contributed by atoms with Gasteiger partial charge in [0.05, 0.1) is 17.6 Å². The standard InChI is InChI=1S/C14H11F3OS/c1-18-12-9-10(14(15,16)17)7-8-13(12)19-11-5-3-2-4-6-11/h2-9H,1H3. The minimum atomic E-state index is -4.36. The summed E-state index contributed by atoms with van der Waals surface area (Å²) < 4.78 is 42.8. The van der Waals surface area contributed by atoms with E-state index in [4.69, 9.17) is 4.74 Å². The minimum absolute atomic E-state index is 0.226. The molecule has 0 heterocycles. The molecule has 1 nitrogen and oxygen atoms in total. The van der Waals surface area contributed by atoms with E-state index in [1.54, 1.807) is 0 Å². The first-order chi connectivity index (χ1) is 9.00. The van der Waals surface area contributed by atoms with Crippen LogP contribution in [-0.2, 0) is 6.18 Å². The second-order valence-corrected chi connectivity index (χ2v) is 4.89. The van der Waals surface area contributed by atoms with Gasteiger partial charge in [0.15, 0.2) is 0 Å². The molecule has 0 aliphatic rings. The van der Waals surface area contributed by atoms with E-state index in [9.17, 15) is 13.2 Å². The third kappa shape index (κ3) is 3.44. The van der Waals surface area contributed by atoms with Crippen molar-refractivity contribution >= 4 is 11.8 Å². The Morgan fingerprint density at radius 3 is 2.26 bits per heavy atom. The van der Waals surface area contributed by atoms with E-state index < -0.39 is 11.7 Å². The average Bonchev–Trinajstić information content (AvgIpc) is 2.39. The smallest absolute Gasteiger partial charge is 0.416 e. The number of rotatable bonds is 3. The lowest BCUT2D eigenvalue weighted by molar-refractivity contribution is -0.137. The van der Waals surface area contributed by atoms with Crippen LogP contribution in [0.5, 0.6) is 5.75 Å². The summed E-state index contributed by atoms with van der Waals surface area (Å²) >= 11 is 1.37. The van der Waals surface area contributed by atoms with Crippen molar-refractivity contribution in [1.29, 1.82) is 0 Å². The summed E-state index contributed by atoms with van der Waals surface area (Å²) in [6, 6.07) is 12.9. The second-order valence-electron chi connectivity index (χ2n) is 3.78. The average molecular weight is 284 g/mol. The molecule has 0 bridgehead atoms. The Morgan fingerprint density at radius 2 is 1.68 bits per heavy atom. The van der Waals surface area contributed by atoms with E-state index in [0.29, 0.717) is 4.90 Å². The molecular formula is C14H11F3OS. The van der Waals surface area contributed by atoms with Gasteiger partial charge in [-0.25, -0.2) is 0 Å². The minimum Gasteiger partial charge on any atom is -0.496 e. The van der Waals surface area contributed by atoms with Crippen LogP contribution in [0.3, 0.4) is 0 Å². The van der Waals surface area contributed by atoms with E-state index in [1.165, 1.54) is 24.9 Å². The van der Waals surface area contributed by atoms with Gasteiger partial charge in [-0.15, -0.1) is 0 Å². The summed E-state index contributed by atoms with van der Waals surface area (Å²) in [5.41, 5.74) is -0.707. The summed E-state index contributed by atoms with van der Waals surface area (Å²) in [7, 11) is 1.37. The molecule has 0 saturated heterocycles. The number of halogens is 3. The molecule has 0 unspecified atom stereocenters. The normalized spacial score (nSPS) is 11.4. The summed E-state index contributed by atoms with van der Waals surface area (Å²) in [4.78, 5) is 1.60. The largest absolute Gasteiger partial charge is 0.496 e. The zero-order valence-corrected chi connectivity index (χ0v) is 10.9. The van der Waals surface area contributed by atoms with Gasteiger partial charge in [0.2, 0.25) is 0 Å². The SMILES string of the molecule is COc1cc(C(F)(F)F)ccc1Sc1ccccc1. The summed E-state index contributed by atoms with van der Waals surface area (Å²) in [6.45, 7) is 0. The van der Waals surface area contributed by atoms with Gasteiger partial charge in [0, 0.05) is 4.90 Å².